The van der Waals surface area contributed by atoms with Gasteiger partial charge in [-0.2, -0.15) is 0 Å². The van der Waals surface area contributed by atoms with Crippen molar-refractivity contribution in [2.24, 2.45) is 17.8 Å². The van der Waals surface area contributed by atoms with E-state index in [0.717, 1.165) is 65.9 Å². The van der Waals surface area contributed by atoms with Crippen LogP contribution in [0.4, 0.5) is 0 Å². The van der Waals surface area contributed by atoms with Gasteiger partial charge in [-0.1, -0.05) is 79.6 Å². The number of carbonyl (C=O) groups is 2. The van der Waals surface area contributed by atoms with Gasteiger partial charge in [0.05, 0.1) is 12.7 Å². The predicted octanol–water partition coefficient (Wildman–Crippen LogP) is 11.2. The fraction of sp³-hybridized carbons (Fsp3) is 0.805. The second kappa shape index (κ2) is 21.1. The van der Waals surface area contributed by atoms with E-state index in [1.54, 1.807) is 0 Å². The van der Waals surface area contributed by atoms with Crippen LogP contribution < -0.4 is 9.47 Å². The van der Waals surface area contributed by atoms with Gasteiger partial charge < -0.3 is 18.9 Å². The van der Waals surface area contributed by atoms with Crippen molar-refractivity contribution >= 4 is 12.4 Å². The number of rotatable bonds is 20. The van der Waals surface area contributed by atoms with Gasteiger partial charge in [0.1, 0.15) is 22.7 Å². The molecule has 1 aliphatic rings. The van der Waals surface area contributed by atoms with Gasteiger partial charge in [-0.15, -0.1) is 0 Å². The Hall–Kier alpha value is -2.08. The van der Waals surface area contributed by atoms with Crippen molar-refractivity contribution in [1.82, 2.24) is 0 Å². The summed E-state index contributed by atoms with van der Waals surface area (Å²) < 4.78 is 22.6. The highest BCUT2D eigenvalue weighted by Gasteiger charge is 2.34. The molecule has 0 fully saturated rings. The van der Waals surface area contributed by atoms with Crippen molar-refractivity contribution in [3.8, 4) is 11.5 Å². The second-order valence-electron chi connectivity index (χ2n) is 16.0. The Morgan fingerprint density at radius 1 is 0.894 bits per heavy atom. The van der Waals surface area contributed by atoms with E-state index in [-0.39, 0.29) is 17.7 Å². The summed E-state index contributed by atoms with van der Waals surface area (Å²) in [5, 5.41) is 0. The zero-order valence-corrected chi connectivity index (χ0v) is 32.7. The third-order valence-corrected chi connectivity index (χ3v) is 9.61. The smallest absolute Gasteiger partial charge is 0.306 e. The van der Waals surface area contributed by atoms with Crippen LogP contribution in [-0.2, 0) is 25.5 Å². The fourth-order valence-electron chi connectivity index (χ4n) is 6.45. The number of benzene rings is 1. The maximum atomic E-state index is 11.2. The molecule has 3 unspecified atom stereocenters. The van der Waals surface area contributed by atoms with Crippen molar-refractivity contribution in [2.45, 2.75) is 191 Å². The Kier molecular flexibility index (Phi) is 19.3. The van der Waals surface area contributed by atoms with Gasteiger partial charge in [0.15, 0.2) is 0 Å². The molecule has 0 aromatic heterocycles. The van der Waals surface area contributed by atoms with Crippen molar-refractivity contribution in [2.75, 3.05) is 6.61 Å². The van der Waals surface area contributed by atoms with E-state index in [1.807, 2.05) is 48.5 Å². The molecule has 2 rings (SSSR count). The Bertz CT molecular complexity index is 1070. The maximum Gasteiger partial charge on any atom is 0.306 e. The van der Waals surface area contributed by atoms with Crippen molar-refractivity contribution in [3.63, 3.8) is 0 Å². The zero-order valence-electron chi connectivity index (χ0n) is 32.7. The van der Waals surface area contributed by atoms with Crippen LogP contribution in [0.5, 0.6) is 11.5 Å². The summed E-state index contributed by atoms with van der Waals surface area (Å²) in [7, 11) is 0. The average Bonchev–Trinajstić information content (AvgIpc) is 2.97. The minimum atomic E-state index is -0.517. The SMILES string of the molecule is CCCC(=O)OC(C)(C)COC(C)C.Cc1c(C)c2c(c(C)c1OC=O)CCC(C)(CCCC(C)CCCC(C)CCCC(C)C)O2. The summed E-state index contributed by atoms with van der Waals surface area (Å²) in [4.78, 5) is 22.2. The molecule has 1 aromatic rings. The van der Waals surface area contributed by atoms with Gasteiger partial charge in [0.2, 0.25) is 0 Å². The minimum Gasteiger partial charge on any atom is -0.487 e. The van der Waals surface area contributed by atoms with Gasteiger partial charge in [0, 0.05) is 12.0 Å². The van der Waals surface area contributed by atoms with Crippen LogP contribution in [0.25, 0.3) is 0 Å². The van der Waals surface area contributed by atoms with Crippen LogP contribution in [-0.4, -0.2) is 36.4 Å². The quantitative estimate of drug-likeness (QED) is 0.102. The molecule has 3 atom stereocenters. The molecule has 272 valence electrons. The second-order valence-corrected chi connectivity index (χ2v) is 16.0. The Balaban J connectivity index is 0.000000663. The van der Waals surface area contributed by atoms with Crippen LogP contribution in [0.2, 0.25) is 0 Å². The summed E-state index contributed by atoms with van der Waals surface area (Å²) in [6.45, 7) is 28.5. The maximum absolute atomic E-state index is 11.2. The molecular formula is C41H72O6. The zero-order chi connectivity index (χ0) is 35.8. The molecule has 0 amide bonds. The molecule has 0 spiro atoms. The minimum absolute atomic E-state index is 0.103. The molecule has 0 saturated heterocycles. The molecule has 0 aliphatic carbocycles. The molecule has 6 nitrogen and oxygen atoms in total. The first-order chi connectivity index (χ1) is 21.9. The van der Waals surface area contributed by atoms with E-state index < -0.39 is 5.60 Å². The Labute approximate surface area is 289 Å². The highest BCUT2D eigenvalue weighted by atomic mass is 16.6. The summed E-state index contributed by atoms with van der Waals surface area (Å²) >= 11 is 0. The topological polar surface area (TPSA) is 71.1 Å². The van der Waals surface area contributed by atoms with Crippen LogP contribution in [0.3, 0.4) is 0 Å². The lowest BCUT2D eigenvalue weighted by Gasteiger charge is -2.38. The Morgan fingerprint density at radius 3 is 2.00 bits per heavy atom. The van der Waals surface area contributed by atoms with Gasteiger partial charge in [-0.3, -0.25) is 9.59 Å². The van der Waals surface area contributed by atoms with Gasteiger partial charge in [0.25, 0.3) is 6.47 Å². The molecule has 1 aromatic carbocycles. The first kappa shape index (κ1) is 42.9. The lowest BCUT2D eigenvalue weighted by Crippen LogP contribution is -2.37. The van der Waals surface area contributed by atoms with E-state index in [4.69, 9.17) is 18.9 Å². The third kappa shape index (κ3) is 16.2. The molecule has 0 saturated carbocycles. The number of ether oxygens (including phenoxy) is 4. The van der Waals surface area contributed by atoms with E-state index in [9.17, 15) is 9.59 Å². The molecule has 6 heteroatoms. The predicted molar refractivity (Wildman–Crippen MR) is 196 cm³/mol. The van der Waals surface area contributed by atoms with Gasteiger partial charge in [-0.05, 0) is 122 Å². The van der Waals surface area contributed by atoms with Crippen LogP contribution in [0.1, 0.15) is 169 Å². The van der Waals surface area contributed by atoms with Crippen molar-refractivity contribution in [1.29, 1.82) is 0 Å². The van der Waals surface area contributed by atoms with E-state index in [1.165, 1.54) is 56.9 Å². The molecule has 47 heavy (non-hydrogen) atoms. The van der Waals surface area contributed by atoms with Gasteiger partial charge in [-0.25, -0.2) is 0 Å². The molecule has 0 radical (unpaired) electrons. The average molecular weight is 661 g/mol. The summed E-state index contributed by atoms with van der Waals surface area (Å²) in [5.41, 5.74) is 3.76. The number of hydrogen-bond acceptors (Lipinski definition) is 6. The Morgan fingerprint density at radius 2 is 1.47 bits per heavy atom. The summed E-state index contributed by atoms with van der Waals surface area (Å²) in [6, 6.07) is 0. The molecular weight excluding hydrogens is 588 g/mol. The van der Waals surface area contributed by atoms with Crippen molar-refractivity contribution in [3.05, 3.63) is 22.3 Å². The largest absolute Gasteiger partial charge is 0.487 e. The number of carbonyl (C=O) groups excluding carboxylic acids is 2. The normalized spacial score (nSPS) is 17.3. The lowest BCUT2D eigenvalue weighted by molar-refractivity contribution is -0.163. The number of hydrogen-bond donors (Lipinski definition) is 0. The molecule has 0 N–H and O–H groups in total. The highest BCUT2D eigenvalue weighted by Crippen LogP contribution is 2.45. The van der Waals surface area contributed by atoms with Crippen LogP contribution in [0, 0.1) is 38.5 Å². The van der Waals surface area contributed by atoms with Gasteiger partial charge >= 0.3 is 5.97 Å². The number of fused-ring (bicyclic) bond motifs is 1. The molecule has 0 bridgehead atoms. The fourth-order valence-corrected chi connectivity index (χ4v) is 6.45. The number of esters is 1. The molecule has 1 heterocycles. The van der Waals surface area contributed by atoms with E-state index in [0.29, 0.717) is 25.2 Å². The molecule has 1 aliphatic heterocycles. The van der Waals surface area contributed by atoms with E-state index in [2.05, 4.69) is 41.5 Å². The lowest BCUT2D eigenvalue weighted by atomic mass is 9.83. The third-order valence-electron chi connectivity index (χ3n) is 9.61. The van der Waals surface area contributed by atoms with Crippen molar-refractivity contribution < 1.29 is 28.5 Å². The first-order valence-corrected chi connectivity index (χ1v) is 18.7. The summed E-state index contributed by atoms with van der Waals surface area (Å²) in [6.07, 6.45) is 15.3. The van der Waals surface area contributed by atoms with E-state index >= 15 is 0 Å². The standard InChI is InChI=1S/C30H50O3.C11H22O3/c1-21(2)12-9-13-22(3)14-10-15-23(4)16-11-18-30(8)19-17-27-26(7)28(32-20-31)24(5)25(6)29(27)33-30;1-6-7-10(12)14-11(4,5)8-13-9(2)3/h20-23H,9-19H2,1-8H3;9H,6-8H2,1-5H3. The van der Waals surface area contributed by atoms with Crippen LogP contribution >= 0.6 is 0 Å². The monoisotopic (exact) mass is 661 g/mol. The van der Waals surface area contributed by atoms with Crippen LogP contribution in [0.15, 0.2) is 0 Å². The highest BCUT2D eigenvalue weighted by molar-refractivity contribution is 5.69. The summed E-state index contributed by atoms with van der Waals surface area (Å²) in [5.74, 6) is 4.09. The first-order valence-electron chi connectivity index (χ1n) is 18.7.